The van der Waals surface area contributed by atoms with Gasteiger partial charge >= 0.3 is 0 Å². The fraction of sp³-hybridized carbons (Fsp3) is 0.100. The molecule has 4 rings (SSSR count). The largest absolute Gasteiger partial charge is 0.313 e. The zero-order valence-electron chi connectivity index (χ0n) is 12.9. The van der Waals surface area contributed by atoms with E-state index in [-0.39, 0.29) is 12.5 Å². The molecule has 112 valence electrons. The predicted molar refractivity (Wildman–Crippen MR) is 94.3 cm³/mol. The van der Waals surface area contributed by atoms with Crippen molar-refractivity contribution in [2.45, 2.75) is 0 Å². The van der Waals surface area contributed by atoms with Crippen LogP contribution in [0.25, 0.3) is 10.8 Å². The van der Waals surface area contributed by atoms with Gasteiger partial charge in [0.2, 0.25) is 5.91 Å². The van der Waals surface area contributed by atoms with Gasteiger partial charge in [0.05, 0.1) is 11.4 Å². The molecular weight excluding hydrogens is 284 g/mol. The summed E-state index contributed by atoms with van der Waals surface area (Å²) >= 11 is 0. The Kier molecular flexibility index (Phi) is 3.19. The molecule has 0 spiro atoms. The molecule has 0 aromatic heterocycles. The smallest absolute Gasteiger partial charge is 0.248 e. The van der Waals surface area contributed by atoms with Gasteiger partial charge in [0.1, 0.15) is 6.54 Å². The number of nitrogens with zero attached hydrogens (tertiary/aromatic N) is 2. The Morgan fingerprint density at radius 1 is 0.913 bits per heavy atom. The van der Waals surface area contributed by atoms with Gasteiger partial charge in [-0.05, 0) is 5.39 Å². The maximum atomic E-state index is 12.4. The van der Waals surface area contributed by atoms with Crippen molar-refractivity contribution >= 4 is 28.1 Å². The molecule has 1 heterocycles. The predicted octanol–water partition coefficient (Wildman–Crippen LogP) is 3.65. The Morgan fingerprint density at radius 3 is 2.48 bits per heavy atom. The van der Waals surface area contributed by atoms with Gasteiger partial charge in [-0.15, -0.1) is 0 Å². The quantitative estimate of drug-likeness (QED) is 0.675. The number of rotatable bonds is 1. The number of fused-ring (bicyclic) bond motifs is 3. The van der Waals surface area contributed by atoms with E-state index in [1.54, 1.807) is 4.90 Å². The number of hydrogen-bond acceptors (Lipinski definition) is 2. The summed E-state index contributed by atoms with van der Waals surface area (Å²) in [5, 5.41) is 2.20. The minimum atomic E-state index is 0.00790. The SMILES string of the molecule is CN1C(=O)CN=C(c2ccccc2)c2ccc3ccccc3c21. The van der Waals surface area contributed by atoms with Crippen LogP contribution in [0.5, 0.6) is 0 Å². The second kappa shape index (κ2) is 5.36. The summed E-state index contributed by atoms with van der Waals surface area (Å²) in [5.74, 6) is 0.00790. The zero-order chi connectivity index (χ0) is 15.8. The third-order valence-corrected chi connectivity index (χ3v) is 4.28. The molecule has 0 bridgehead atoms. The van der Waals surface area contributed by atoms with Gasteiger partial charge in [-0.3, -0.25) is 9.79 Å². The van der Waals surface area contributed by atoms with E-state index in [0.717, 1.165) is 33.3 Å². The molecule has 0 atom stereocenters. The zero-order valence-corrected chi connectivity index (χ0v) is 12.9. The topological polar surface area (TPSA) is 32.7 Å². The minimum absolute atomic E-state index is 0.00790. The minimum Gasteiger partial charge on any atom is -0.313 e. The highest BCUT2D eigenvalue weighted by Crippen LogP contribution is 2.33. The molecule has 0 saturated heterocycles. The van der Waals surface area contributed by atoms with E-state index in [9.17, 15) is 4.79 Å². The van der Waals surface area contributed by atoms with Crippen molar-refractivity contribution in [1.82, 2.24) is 0 Å². The Hall–Kier alpha value is -2.94. The lowest BCUT2D eigenvalue weighted by atomic mass is 9.96. The van der Waals surface area contributed by atoms with Crippen LogP contribution in [0.1, 0.15) is 11.1 Å². The maximum absolute atomic E-state index is 12.4. The number of benzene rings is 3. The van der Waals surface area contributed by atoms with E-state index in [4.69, 9.17) is 0 Å². The van der Waals surface area contributed by atoms with Crippen LogP contribution in [0.2, 0.25) is 0 Å². The van der Waals surface area contributed by atoms with Crippen molar-refractivity contribution in [3.63, 3.8) is 0 Å². The molecule has 23 heavy (non-hydrogen) atoms. The first-order chi connectivity index (χ1) is 11.3. The number of likely N-dealkylation sites (N-methyl/N-ethyl adjacent to an activating group) is 1. The highest BCUT2D eigenvalue weighted by Gasteiger charge is 2.24. The molecule has 0 saturated carbocycles. The monoisotopic (exact) mass is 300 g/mol. The van der Waals surface area contributed by atoms with Crippen LogP contribution in [-0.2, 0) is 4.79 Å². The van der Waals surface area contributed by atoms with E-state index in [1.165, 1.54) is 0 Å². The van der Waals surface area contributed by atoms with E-state index >= 15 is 0 Å². The summed E-state index contributed by atoms with van der Waals surface area (Å²) < 4.78 is 0. The van der Waals surface area contributed by atoms with E-state index < -0.39 is 0 Å². The van der Waals surface area contributed by atoms with Crippen molar-refractivity contribution in [2.75, 3.05) is 18.5 Å². The average molecular weight is 300 g/mol. The van der Waals surface area contributed by atoms with Gasteiger partial charge in [0.15, 0.2) is 0 Å². The molecule has 0 N–H and O–H groups in total. The van der Waals surface area contributed by atoms with Crippen molar-refractivity contribution in [2.24, 2.45) is 4.99 Å². The molecule has 1 aliphatic rings. The van der Waals surface area contributed by atoms with Crippen LogP contribution in [0.4, 0.5) is 5.69 Å². The summed E-state index contributed by atoms with van der Waals surface area (Å²) in [5.41, 5.74) is 3.85. The summed E-state index contributed by atoms with van der Waals surface area (Å²) in [6.45, 7) is 0.170. The molecular formula is C20H16N2O. The van der Waals surface area contributed by atoms with Gasteiger partial charge in [-0.1, -0.05) is 66.7 Å². The average Bonchev–Trinajstić information content (AvgIpc) is 2.73. The number of anilines is 1. The fourth-order valence-electron chi connectivity index (χ4n) is 3.11. The molecule has 1 aliphatic heterocycles. The molecule has 3 aromatic rings. The van der Waals surface area contributed by atoms with Crippen LogP contribution in [-0.4, -0.2) is 25.2 Å². The van der Waals surface area contributed by atoms with Crippen molar-refractivity contribution in [3.8, 4) is 0 Å². The first kappa shape index (κ1) is 13.7. The second-order valence-electron chi connectivity index (χ2n) is 5.67. The Morgan fingerprint density at radius 2 is 1.65 bits per heavy atom. The Balaban J connectivity index is 2.05. The standard InChI is InChI=1S/C20H16N2O/c1-22-18(23)13-21-19(15-8-3-2-4-9-15)17-12-11-14-7-5-6-10-16(14)20(17)22/h2-12H,13H2,1H3. The molecule has 0 aliphatic carbocycles. The first-order valence-electron chi connectivity index (χ1n) is 7.64. The lowest BCUT2D eigenvalue weighted by Crippen LogP contribution is -2.28. The molecule has 0 radical (unpaired) electrons. The normalized spacial score (nSPS) is 14.4. The fourth-order valence-corrected chi connectivity index (χ4v) is 3.11. The Bertz CT molecular complexity index is 929. The second-order valence-corrected chi connectivity index (χ2v) is 5.67. The molecule has 0 unspecified atom stereocenters. The van der Waals surface area contributed by atoms with Gasteiger partial charge in [-0.2, -0.15) is 0 Å². The lowest BCUT2D eigenvalue weighted by molar-refractivity contribution is -0.116. The first-order valence-corrected chi connectivity index (χ1v) is 7.64. The summed E-state index contributed by atoms with van der Waals surface area (Å²) in [4.78, 5) is 18.7. The van der Waals surface area contributed by atoms with Crippen LogP contribution < -0.4 is 4.90 Å². The van der Waals surface area contributed by atoms with Crippen LogP contribution >= 0.6 is 0 Å². The maximum Gasteiger partial charge on any atom is 0.248 e. The van der Waals surface area contributed by atoms with Gasteiger partial charge in [-0.25, -0.2) is 0 Å². The Labute approximate surface area is 134 Å². The molecule has 3 nitrogen and oxygen atoms in total. The number of carbonyl (C=O) groups is 1. The number of hydrogen-bond donors (Lipinski definition) is 0. The molecule has 3 aromatic carbocycles. The number of carbonyl (C=O) groups excluding carboxylic acids is 1. The lowest BCUT2D eigenvalue weighted by Gasteiger charge is -2.20. The van der Waals surface area contributed by atoms with Crippen LogP contribution in [0.3, 0.4) is 0 Å². The third-order valence-electron chi connectivity index (χ3n) is 4.28. The summed E-state index contributed by atoms with van der Waals surface area (Å²) in [6.07, 6.45) is 0. The van der Waals surface area contributed by atoms with Crippen molar-refractivity contribution < 1.29 is 4.79 Å². The van der Waals surface area contributed by atoms with Gasteiger partial charge in [0, 0.05) is 23.6 Å². The molecule has 3 heteroatoms. The van der Waals surface area contributed by atoms with E-state index in [2.05, 4.69) is 29.3 Å². The number of amides is 1. The van der Waals surface area contributed by atoms with E-state index in [0.29, 0.717) is 0 Å². The highest BCUT2D eigenvalue weighted by atomic mass is 16.2. The van der Waals surface area contributed by atoms with Crippen molar-refractivity contribution in [1.29, 1.82) is 0 Å². The van der Waals surface area contributed by atoms with E-state index in [1.807, 2.05) is 49.5 Å². The van der Waals surface area contributed by atoms with Crippen molar-refractivity contribution in [3.05, 3.63) is 77.9 Å². The van der Waals surface area contributed by atoms with Gasteiger partial charge < -0.3 is 4.90 Å². The van der Waals surface area contributed by atoms with Crippen LogP contribution in [0, 0.1) is 0 Å². The highest BCUT2D eigenvalue weighted by molar-refractivity contribution is 6.23. The molecule has 0 fully saturated rings. The van der Waals surface area contributed by atoms with Gasteiger partial charge in [0.25, 0.3) is 0 Å². The summed E-state index contributed by atoms with van der Waals surface area (Å²) in [7, 11) is 1.83. The summed E-state index contributed by atoms with van der Waals surface area (Å²) in [6, 6.07) is 22.4. The molecule has 1 amide bonds. The van der Waals surface area contributed by atoms with Crippen LogP contribution in [0.15, 0.2) is 71.7 Å². The third kappa shape index (κ3) is 2.21. The number of aliphatic imine (C=N–C) groups is 1.